The Bertz CT molecular complexity index is 670. The molecule has 0 saturated carbocycles. The SMILES string of the molecule is CCC(F)(F)Cc1ccc(C)cc1.CCOS(=O)Oc1ccc(C)cc1. The average Bonchev–Trinajstić information content (AvgIpc) is 2.60. The molecule has 0 spiro atoms. The Kier molecular flexibility index (Phi) is 9.44. The van der Waals surface area contributed by atoms with Crippen LogP contribution < -0.4 is 4.18 Å². The van der Waals surface area contributed by atoms with Crippen molar-refractivity contribution in [1.29, 1.82) is 0 Å². The molecule has 1 unspecified atom stereocenters. The lowest BCUT2D eigenvalue weighted by atomic mass is 10.0. The minimum absolute atomic E-state index is 0.0964. The highest BCUT2D eigenvalue weighted by Crippen LogP contribution is 2.23. The molecule has 0 N–H and O–H groups in total. The van der Waals surface area contributed by atoms with Gasteiger partial charge in [-0.2, -0.15) is 4.21 Å². The number of rotatable bonds is 7. The molecule has 2 aromatic rings. The maximum absolute atomic E-state index is 12.9. The third-order valence-corrected chi connectivity index (χ3v) is 4.26. The average molecular weight is 384 g/mol. The van der Waals surface area contributed by atoms with E-state index in [1.165, 1.54) is 6.92 Å². The van der Waals surface area contributed by atoms with Gasteiger partial charge in [-0.15, -0.1) is 0 Å². The second-order valence-electron chi connectivity index (χ2n) is 5.88. The monoisotopic (exact) mass is 384 g/mol. The first-order chi connectivity index (χ1) is 12.3. The number of aryl methyl sites for hydroxylation is 2. The lowest BCUT2D eigenvalue weighted by Gasteiger charge is -2.13. The van der Waals surface area contributed by atoms with Crippen LogP contribution in [0.25, 0.3) is 0 Å². The van der Waals surface area contributed by atoms with E-state index in [9.17, 15) is 13.0 Å². The van der Waals surface area contributed by atoms with Gasteiger partial charge in [-0.05, 0) is 38.5 Å². The fourth-order valence-corrected chi connectivity index (χ4v) is 2.43. The number of benzene rings is 2. The van der Waals surface area contributed by atoms with Gasteiger partial charge in [0.1, 0.15) is 5.75 Å². The first kappa shape index (κ1) is 22.3. The topological polar surface area (TPSA) is 35.5 Å². The molecule has 0 aliphatic rings. The van der Waals surface area contributed by atoms with Crippen LogP contribution in [0.5, 0.6) is 5.75 Å². The zero-order valence-electron chi connectivity index (χ0n) is 15.6. The summed E-state index contributed by atoms with van der Waals surface area (Å²) in [6.07, 6.45) is -0.245. The standard InChI is InChI=1S/C11H14F2.C9H12O3S/c1-3-11(12,13)8-10-6-4-9(2)5-7-10;1-3-11-13(10)12-9-6-4-8(2)5-7-9/h4-7H,3,8H2,1-2H3;4-7H,3H2,1-2H3. The van der Waals surface area contributed by atoms with Crippen LogP contribution in [0.15, 0.2) is 48.5 Å². The van der Waals surface area contributed by atoms with Crippen molar-refractivity contribution in [1.82, 2.24) is 0 Å². The summed E-state index contributed by atoms with van der Waals surface area (Å²) in [5.74, 6) is -2.01. The Morgan fingerprint density at radius 1 is 0.923 bits per heavy atom. The Morgan fingerprint density at radius 2 is 1.42 bits per heavy atom. The van der Waals surface area contributed by atoms with Gasteiger partial charge in [0.15, 0.2) is 0 Å². The van der Waals surface area contributed by atoms with Gasteiger partial charge >= 0.3 is 11.4 Å². The van der Waals surface area contributed by atoms with Crippen molar-refractivity contribution < 1.29 is 21.4 Å². The molecule has 3 nitrogen and oxygen atoms in total. The van der Waals surface area contributed by atoms with E-state index in [1.807, 2.05) is 38.1 Å². The van der Waals surface area contributed by atoms with Gasteiger partial charge in [0, 0.05) is 12.8 Å². The third kappa shape index (κ3) is 9.06. The molecule has 6 heteroatoms. The smallest absolute Gasteiger partial charge is 0.360 e. The molecule has 1 atom stereocenters. The van der Waals surface area contributed by atoms with E-state index in [-0.39, 0.29) is 12.8 Å². The van der Waals surface area contributed by atoms with Crippen LogP contribution in [0.2, 0.25) is 0 Å². The van der Waals surface area contributed by atoms with Gasteiger partial charge in [-0.25, -0.2) is 8.78 Å². The quantitative estimate of drug-likeness (QED) is 0.626. The molecule has 0 aliphatic carbocycles. The highest BCUT2D eigenvalue weighted by molar-refractivity contribution is 7.75. The van der Waals surface area contributed by atoms with Gasteiger partial charge in [0.25, 0.3) is 5.92 Å². The number of alkyl halides is 2. The molecule has 0 amide bonds. The zero-order chi connectivity index (χ0) is 19.6. The zero-order valence-corrected chi connectivity index (χ0v) is 16.4. The minimum Gasteiger partial charge on any atom is -0.380 e. The normalized spacial score (nSPS) is 12.1. The lowest BCUT2D eigenvalue weighted by Crippen LogP contribution is -2.17. The lowest BCUT2D eigenvalue weighted by molar-refractivity contribution is -0.00220. The Balaban J connectivity index is 0.000000260. The molecule has 0 saturated heterocycles. The van der Waals surface area contributed by atoms with E-state index in [0.717, 1.165) is 11.1 Å². The van der Waals surface area contributed by atoms with E-state index >= 15 is 0 Å². The summed E-state index contributed by atoms with van der Waals surface area (Å²) < 4.78 is 46.5. The molecule has 144 valence electrons. The van der Waals surface area contributed by atoms with Crippen molar-refractivity contribution in [2.45, 2.75) is 46.5 Å². The predicted octanol–water partition coefficient (Wildman–Crippen LogP) is 5.57. The van der Waals surface area contributed by atoms with Crippen molar-refractivity contribution in [3.63, 3.8) is 0 Å². The van der Waals surface area contributed by atoms with Crippen LogP contribution in [-0.2, 0) is 22.0 Å². The second-order valence-corrected chi connectivity index (χ2v) is 6.69. The van der Waals surface area contributed by atoms with E-state index in [1.54, 1.807) is 31.2 Å². The summed E-state index contributed by atoms with van der Waals surface area (Å²) in [4.78, 5) is 0. The van der Waals surface area contributed by atoms with Crippen LogP contribution in [-0.4, -0.2) is 16.7 Å². The summed E-state index contributed by atoms with van der Waals surface area (Å²) >= 11 is -1.68. The highest BCUT2D eigenvalue weighted by Gasteiger charge is 2.26. The van der Waals surface area contributed by atoms with Gasteiger partial charge in [-0.3, -0.25) is 4.18 Å². The second kappa shape index (κ2) is 11.0. The summed E-state index contributed by atoms with van der Waals surface area (Å²) in [5.41, 5.74) is 2.94. The third-order valence-electron chi connectivity index (χ3n) is 3.50. The van der Waals surface area contributed by atoms with Crippen LogP contribution in [0.3, 0.4) is 0 Å². The van der Waals surface area contributed by atoms with Crippen LogP contribution >= 0.6 is 0 Å². The Labute approximate surface area is 157 Å². The molecule has 0 fully saturated rings. The fraction of sp³-hybridized carbons (Fsp3) is 0.400. The van der Waals surface area contributed by atoms with E-state index in [4.69, 9.17) is 8.37 Å². The maximum atomic E-state index is 12.9. The van der Waals surface area contributed by atoms with Gasteiger partial charge in [0.05, 0.1) is 6.61 Å². The molecular weight excluding hydrogens is 358 g/mol. The van der Waals surface area contributed by atoms with Crippen LogP contribution in [0, 0.1) is 13.8 Å². The van der Waals surface area contributed by atoms with Gasteiger partial charge in [-0.1, -0.05) is 54.4 Å². The number of halogens is 2. The molecule has 0 aromatic heterocycles. The fourth-order valence-electron chi connectivity index (χ4n) is 1.92. The molecule has 26 heavy (non-hydrogen) atoms. The number of hydrogen-bond donors (Lipinski definition) is 0. The molecule has 0 bridgehead atoms. The summed E-state index contributed by atoms with van der Waals surface area (Å²) in [6, 6.07) is 14.5. The highest BCUT2D eigenvalue weighted by atomic mass is 32.2. The first-order valence-electron chi connectivity index (χ1n) is 8.49. The molecule has 0 heterocycles. The molecule has 2 rings (SSSR count). The van der Waals surface area contributed by atoms with Gasteiger partial charge < -0.3 is 4.18 Å². The molecular formula is C20H26F2O3S. The first-order valence-corrected chi connectivity index (χ1v) is 9.49. The maximum Gasteiger partial charge on any atom is 0.360 e. The predicted molar refractivity (Wildman–Crippen MR) is 102 cm³/mol. The van der Waals surface area contributed by atoms with Crippen molar-refractivity contribution >= 4 is 11.4 Å². The largest absolute Gasteiger partial charge is 0.380 e. The molecule has 0 radical (unpaired) electrons. The van der Waals surface area contributed by atoms with Crippen molar-refractivity contribution in [2.75, 3.05) is 6.61 Å². The van der Waals surface area contributed by atoms with Crippen molar-refractivity contribution in [3.8, 4) is 5.75 Å². The van der Waals surface area contributed by atoms with E-state index in [0.29, 0.717) is 17.9 Å². The minimum atomic E-state index is -2.56. The summed E-state index contributed by atoms with van der Waals surface area (Å²) in [7, 11) is 0. The van der Waals surface area contributed by atoms with Crippen LogP contribution in [0.4, 0.5) is 8.78 Å². The van der Waals surface area contributed by atoms with Gasteiger partial charge in [0.2, 0.25) is 0 Å². The Morgan fingerprint density at radius 3 is 1.88 bits per heavy atom. The van der Waals surface area contributed by atoms with Crippen molar-refractivity contribution in [2.24, 2.45) is 0 Å². The summed E-state index contributed by atoms with van der Waals surface area (Å²) in [5, 5.41) is 0. The summed E-state index contributed by atoms with van der Waals surface area (Å²) in [6.45, 7) is 7.56. The number of hydrogen-bond acceptors (Lipinski definition) is 3. The van der Waals surface area contributed by atoms with Crippen LogP contribution in [0.1, 0.15) is 37.0 Å². The van der Waals surface area contributed by atoms with E-state index in [2.05, 4.69) is 0 Å². The van der Waals surface area contributed by atoms with Crippen molar-refractivity contribution in [3.05, 3.63) is 65.2 Å². The Hall–Kier alpha value is -1.79. The molecule has 0 aliphatic heterocycles. The van der Waals surface area contributed by atoms with E-state index < -0.39 is 17.3 Å². The molecule has 2 aromatic carbocycles.